The summed E-state index contributed by atoms with van der Waals surface area (Å²) in [7, 11) is 1.70. The third kappa shape index (κ3) is 5.13. The predicted molar refractivity (Wildman–Crippen MR) is 118 cm³/mol. The van der Waals surface area contributed by atoms with E-state index in [4.69, 9.17) is 15.7 Å². The van der Waals surface area contributed by atoms with Crippen LogP contribution in [0.3, 0.4) is 0 Å². The minimum atomic E-state index is -0.272. The standard InChI is InChI=1S/C22H28N8O2/c1-32-19-8-15(14-4-6-30(7-5-14)13-20(24)31)2-3-17(19)18-9-21(29-28-18)27-22-12-25-16(10-23)11-26-22/h2-3,8,11-12,14,18,21,28-29H,4-7,9,13H2,1H3,(H2,24,31)(H,26,27). The molecule has 0 saturated carbocycles. The lowest BCUT2D eigenvalue weighted by Crippen LogP contribution is -2.39. The predicted octanol–water partition coefficient (Wildman–Crippen LogP) is 0.999. The summed E-state index contributed by atoms with van der Waals surface area (Å²) in [5.74, 6) is 1.64. The van der Waals surface area contributed by atoms with Crippen LogP contribution in [-0.4, -0.2) is 53.7 Å². The number of hydrogen-bond acceptors (Lipinski definition) is 9. The molecule has 0 aliphatic carbocycles. The highest BCUT2D eigenvalue weighted by molar-refractivity contribution is 5.75. The summed E-state index contributed by atoms with van der Waals surface area (Å²) in [5, 5.41) is 12.1. The van der Waals surface area contributed by atoms with Gasteiger partial charge < -0.3 is 15.8 Å². The molecule has 4 rings (SSSR count). The number of likely N-dealkylation sites (tertiary alicyclic amines) is 1. The first-order valence-electron chi connectivity index (χ1n) is 10.7. The lowest BCUT2D eigenvalue weighted by molar-refractivity contribution is -0.119. The average Bonchev–Trinajstić information content (AvgIpc) is 3.27. The van der Waals surface area contributed by atoms with E-state index in [0.717, 1.165) is 43.7 Å². The second-order valence-corrected chi connectivity index (χ2v) is 8.19. The van der Waals surface area contributed by atoms with Crippen molar-refractivity contribution in [2.45, 2.75) is 37.4 Å². The van der Waals surface area contributed by atoms with Crippen molar-refractivity contribution in [2.24, 2.45) is 5.73 Å². The van der Waals surface area contributed by atoms with Crippen LogP contribution in [0.15, 0.2) is 30.6 Å². The molecule has 5 N–H and O–H groups in total. The highest BCUT2D eigenvalue weighted by Gasteiger charge is 2.28. The maximum absolute atomic E-state index is 11.1. The van der Waals surface area contributed by atoms with Gasteiger partial charge in [0.2, 0.25) is 5.91 Å². The SMILES string of the molecule is COc1cc(C2CCN(CC(N)=O)CC2)ccc1C1CC(Nc2cnc(C#N)cn2)NN1. The van der Waals surface area contributed by atoms with Gasteiger partial charge in [-0.3, -0.25) is 9.69 Å². The lowest BCUT2D eigenvalue weighted by Gasteiger charge is -2.31. The quantitative estimate of drug-likeness (QED) is 0.500. The fourth-order valence-corrected chi connectivity index (χ4v) is 4.41. The number of aromatic nitrogens is 2. The topological polar surface area (TPSA) is 141 Å². The number of ether oxygens (including phenoxy) is 1. The van der Waals surface area contributed by atoms with Gasteiger partial charge in [-0.2, -0.15) is 5.26 Å². The summed E-state index contributed by atoms with van der Waals surface area (Å²) in [4.78, 5) is 21.5. The number of carbonyl (C=O) groups excluding carboxylic acids is 1. The largest absolute Gasteiger partial charge is 0.496 e. The van der Waals surface area contributed by atoms with Gasteiger partial charge in [0.15, 0.2) is 5.69 Å². The number of nitrogens with one attached hydrogen (secondary N) is 3. The molecule has 1 aromatic carbocycles. The summed E-state index contributed by atoms with van der Waals surface area (Å²) in [6, 6.07) is 8.48. The van der Waals surface area contributed by atoms with Crippen LogP contribution < -0.4 is 26.6 Å². The first kappa shape index (κ1) is 22.0. The molecule has 0 radical (unpaired) electrons. The fraction of sp³-hybridized carbons (Fsp3) is 0.455. The molecule has 3 heterocycles. The maximum atomic E-state index is 11.1. The van der Waals surface area contributed by atoms with Crippen LogP contribution in [-0.2, 0) is 4.79 Å². The Bertz CT molecular complexity index is 982. The number of hydrogen-bond donors (Lipinski definition) is 4. The molecule has 2 aliphatic rings. The van der Waals surface area contributed by atoms with Crippen molar-refractivity contribution in [2.75, 3.05) is 32.1 Å². The van der Waals surface area contributed by atoms with Crippen LogP contribution in [0.5, 0.6) is 5.75 Å². The minimum Gasteiger partial charge on any atom is -0.496 e. The molecule has 2 atom stereocenters. The normalized spacial score (nSPS) is 21.8. The molecule has 1 aromatic heterocycles. The number of anilines is 1. The van der Waals surface area contributed by atoms with Crippen LogP contribution in [0.25, 0.3) is 0 Å². The van der Waals surface area contributed by atoms with Crippen LogP contribution >= 0.6 is 0 Å². The zero-order valence-corrected chi connectivity index (χ0v) is 18.0. The molecular weight excluding hydrogens is 408 g/mol. The van der Waals surface area contributed by atoms with Crippen molar-refractivity contribution < 1.29 is 9.53 Å². The van der Waals surface area contributed by atoms with E-state index in [-0.39, 0.29) is 23.8 Å². The molecular formula is C22H28N8O2. The van der Waals surface area contributed by atoms with Crippen LogP contribution in [0.2, 0.25) is 0 Å². The number of nitrogens with two attached hydrogens (primary N) is 1. The van der Waals surface area contributed by atoms with Gasteiger partial charge in [-0.05, 0) is 43.5 Å². The smallest absolute Gasteiger partial charge is 0.231 e. The summed E-state index contributed by atoms with van der Waals surface area (Å²) in [6.45, 7) is 2.08. The van der Waals surface area contributed by atoms with Crippen LogP contribution in [0.4, 0.5) is 5.82 Å². The third-order valence-electron chi connectivity index (χ3n) is 6.06. The van der Waals surface area contributed by atoms with E-state index < -0.39 is 0 Å². The van der Waals surface area contributed by atoms with E-state index >= 15 is 0 Å². The lowest BCUT2D eigenvalue weighted by atomic mass is 9.88. The molecule has 0 spiro atoms. The number of nitrogens with zero attached hydrogens (tertiary/aromatic N) is 4. The number of nitriles is 1. The van der Waals surface area contributed by atoms with Gasteiger partial charge >= 0.3 is 0 Å². The Morgan fingerprint density at radius 1 is 1.31 bits per heavy atom. The van der Waals surface area contributed by atoms with E-state index in [9.17, 15) is 4.79 Å². The zero-order chi connectivity index (χ0) is 22.5. The number of piperidine rings is 1. The minimum absolute atomic E-state index is 0.0406. The van der Waals surface area contributed by atoms with Gasteiger partial charge in [-0.15, -0.1) is 0 Å². The molecule has 10 nitrogen and oxygen atoms in total. The average molecular weight is 437 g/mol. The zero-order valence-electron chi connectivity index (χ0n) is 18.0. The van der Waals surface area contributed by atoms with Crippen molar-refractivity contribution in [3.8, 4) is 11.8 Å². The number of amides is 1. The van der Waals surface area contributed by atoms with Crippen molar-refractivity contribution in [3.05, 3.63) is 47.4 Å². The van der Waals surface area contributed by atoms with Gasteiger partial charge in [0.25, 0.3) is 0 Å². The van der Waals surface area contributed by atoms with E-state index in [2.05, 4.69) is 49.2 Å². The second kappa shape index (κ2) is 9.91. The molecule has 2 aliphatic heterocycles. The molecule has 2 unspecified atom stereocenters. The Balaban J connectivity index is 1.38. The van der Waals surface area contributed by atoms with Crippen molar-refractivity contribution in [1.29, 1.82) is 5.26 Å². The number of carbonyl (C=O) groups is 1. The summed E-state index contributed by atoms with van der Waals surface area (Å²) < 4.78 is 5.73. The molecule has 0 bridgehead atoms. The Morgan fingerprint density at radius 2 is 2.12 bits per heavy atom. The van der Waals surface area contributed by atoms with Crippen LogP contribution in [0.1, 0.15) is 48.0 Å². The van der Waals surface area contributed by atoms with Gasteiger partial charge in [-0.1, -0.05) is 12.1 Å². The molecule has 2 saturated heterocycles. The van der Waals surface area contributed by atoms with E-state index in [0.29, 0.717) is 18.3 Å². The number of rotatable bonds is 7. The fourth-order valence-electron chi connectivity index (χ4n) is 4.41. The molecule has 1 amide bonds. The molecule has 2 fully saturated rings. The number of benzene rings is 1. The molecule has 10 heteroatoms. The van der Waals surface area contributed by atoms with Crippen molar-refractivity contribution in [3.63, 3.8) is 0 Å². The Kier molecular flexibility index (Phi) is 6.80. The van der Waals surface area contributed by atoms with E-state index in [1.807, 2.05) is 6.07 Å². The number of methoxy groups -OCH3 is 1. The Morgan fingerprint density at radius 3 is 2.78 bits per heavy atom. The van der Waals surface area contributed by atoms with Gasteiger partial charge in [0.1, 0.15) is 17.6 Å². The maximum Gasteiger partial charge on any atom is 0.231 e. The first-order chi connectivity index (χ1) is 15.6. The molecule has 168 valence electrons. The highest BCUT2D eigenvalue weighted by atomic mass is 16.5. The van der Waals surface area contributed by atoms with Crippen molar-refractivity contribution in [1.82, 2.24) is 25.7 Å². The van der Waals surface area contributed by atoms with Crippen LogP contribution in [0, 0.1) is 11.3 Å². The Hall–Kier alpha value is -3.26. The number of hydrazine groups is 1. The van der Waals surface area contributed by atoms with Gasteiger partial charge in [0, 0.05) is 12.0 Å². The summed E-state index contributed by atoms with van der Waals surface area (Å²) in [6.07, 6.45) is 5.73. The number of primary amides is 1. The van der Waals surface area contributed by atoms with Crippen molar-refractivity contribution >= 4 is 11.7 Å². The summed E-state index contributed by atoms with van der Waals surface area (Å²) in [5.41, 5.74) is 14.5. The molecule has 32 heavy (non-hydrogen) atoms. The second-order valence-electron chi connectivity index (χ2n) is 8.19. The first-order valence-corrected chi connectivity index (χ1v) is 10.7. The summed E-state index contributed by atoms with van der Waals surface area (Å²) >= 11 is 0. The monoisotopic (exact) mass is 436 g/mol. The molecule has 2 aromatic rings. The highest BCUT2D eigenvalue weighted by Crippen LogP contribution is 2.35. The van der Waals surface area contributed by atoms with Gasteiger partial charge in [-0.25, -0.2) is 20.8 Å². The van der Waals surface area contributed by atoms with Gasteiger partial charge in [0.05, 0.1) is 38.3 Å². The van der Waals surface area contributed by atoms with E-state index in [1.54, 1.807) is 13.3 Å². The van der Waals surface area contributed by atoms with E-state index in [1.165, 1.54) is 11.8 Å². The Labute approximate surface area is 187 Å². The third-order valence-corrected chi connectivity index (χ3v) is 6.06.